The van der Waals surface area contributed by atoms with Gasteiger partial charge in [-0.15, -0.1) is 34.9 Å². The van der Waals surface area contributed by atoms with Crippen molar-refractivity contribution in [2.45, 2.75) is 53.9 Å². The topological polar surface area (TPSA) is 63.3 Å². The molecule has 0 fully saturated rings. The van der Waals surface area contributed by atoms with E-state index in [0.29, 0.717) is 0 Å². The molecule has 0 spiro atoms. The number of allylic oxidation sites excluding steroid dienone is 2. The van der Waals surface area contributed by atoms with Crippen LogP contribution in [-0.4, -0.2) is 15.9 Å². The van der Waals surface area contributed by atoms with Gasteiger partial charge in [0.1, 0.15) is 5.76 Å². The fourth-order valence-corrected chi connectivity index (χ4v) is 3.68. The standard InChI is InChI=1S/C25H24NO.C5H8O2.Ir/c1-16-12-17(2)14-19(13-16)21-10-11-23-22(26-21)15-24(27-23)18-6-8-20(9-7-18)25(3,4)5;1-4(6)3-5(2)7;/h6-13,15H,1-5H3;3,6H,1-2H3;/q-1;;/b;4-3-;. The van der Waals surface area contributed by atoms with Crippen molar-refractivity contribution in [3.63, 3.8) is 0 Å². The second kappa shape index (κ2) is 11.6. The summed E-state index contributed by atoms with van der Waals surface area (Å²) in [5, 5.41) is 8.36. The molecule has 1 N–H and O–H groups in total. The van der Waals surface area contributed by atoms with E-state index in [4.69, 9.17) is 14.5 Å². The van der Waals surface area contributed by atoms with Crippen LogP contribution >= 0.6 is 0 Å². The fourth-order valence-electron chi connectivity index (χ4n) is 3.68. The van der Waals surface area contributed by atoms with Gasteiger partial charge in [0.25, 0.3) is 0 Å². The van der Waals surface area contributed by atoms with E-state index >= 15 is 0 Å². The van der Waals surface area contributed by atoms with Crippen LogP contribution in [0, 0.1) is 19.9 Å². The molecule has 0 aliphatic carbocycles. The number of pyridine rings is 1. The first-order valence-electron chi connectivity index (χ1n) is 11.3. The van der Waals surface area contributed by atoms with E-state index in [0.717, 1.165) is 39.2 Å². The fraction of sp³-hybridized carbons (Fsp3) is 0.267. The Labute approximate surface area is 221 Å². The van der Waals surface area contributed by atoms with E-state index in [1.165, 1.54) is 31.1 Å². The van der Waals surface area contributed by atoms with E-state index in [-0.39, 0.29) is 37.1 Å². The number of aliphatic hydroxyl groups excluding tert-OH is 1. The number of rotatable bonds is 3. The Morgan fingerprint density at radius 3 is 2.17 bits per heavy atom. The summed E-state index contributed by atoms with van der Waals surface area (Å²) in [4.78, 5) is 14.8. The minimum absolute atomic E-state index is 0. The van der Waals surface area contributed by atoms with Gasteiger partial charge in [-0.1, -0.05) is 65.0 Å². The Kier molecular flexibility index (Phi) is 9.37. The predicted molar refractivity (Wildman–Crippen MR) is 139 cm³/mol. The zero-order chi connectivity index (χ0) is 25.0. The number of fused-ring (bicyclic) bond motifs is 1. The van der Waals surface area contributed by atoms with Gasteiger partial charge in [0.15, 0.2) is 11.4 Å². The van der Waals surface area contributed by atoms with Gasteiger partial charge in [-0.2, -0.15) is 0 Å². The van der Waals surface area contributed by atoms with E-state index in [2.05, 4.69) is 77.1 Å². The number of aromatic nitrogens is 1. The van der Waals surface area contributed by atoms with Gasteiger partial charge >= 0.3 is 0 Å². The van der Waals surface area contributed by atoms with Gasteiger partial charge in [-0.25, -0.2) is 0 Å². The normalized spacial score (nSPS) is 11.5. The van der Waals surface area contributed by atoms with Crippen LogP contribution in [0.1, 0.15) is 51.3 Å². The first-order valence-corrected chi connectivity index (χ1v) is 11.3. The third-order valence-electron chi connectivity index (χ3n) is 5.25. The van der Waals surface area contributed by atoms with Crippen LogP contribution in [0.3, 0.4) is 0 Å². The second-order valence-corrected chi connectivity index (χ2v) is 9.67. The maximum Gasteiger partial charge on any atom is 0.155 e. The van der Waals surface area contributed by atoms with Gasteiger partial charge in [-0.05, 0) is 36.6 Å². The summed E-state index contributed by atoms with van der Waals surface area (Å²) in [6.45, 7) is 13.7. The average Bonchev–Trinajstić information content (AvgIpc) is 3.15. The summed E-state index contributed by atoms with van der Waals surface area (Å²) >= 11 is 0. The smallest absolute Gasteiger partial charge is 0.155 e. The molecule has 0 saturated heterocycles. The molecule has 0 atom stereocenters. The van der Waals surface area contributed by atoms with Crippen molar-refractivity contribution in [1.29, 1.82) is 0 Å². The van der Waals surface area contributed by atoms with Crippen molar-refractivity contribution in [3.05, 3.63) is 89.2 Å². The number of aliphatic hydroxyl groups is 1. The van der Waals surface area contributed by atoms with Crippen molar-refractivity contribution >= 4 is 16.9 Å². The van der Waals surface area contributed by atoms with Gasteiger partial charge < -0.3 is 9.52 Å². The molecule has 0 aliphatic heterocycles. The predicted octanol–water partition coefficient (Wildman–Crippen LogP) is 7.91. The van der Waals surface area contributed by atoms with Crippen LogP contribution in [0.4, 0.5) is 0 Å². The molecule has 185 valence electrons. The van der Waals surface area contributed by atoms with Crippen LogP contribution in [0.5, 0.6) is 0 Å². The Morgan fingerprint density at radius 2 is 1.66 bits per heavy atom. The number of carbonyl (C=O) groups excluding carboxylic acids is 1. The minimum atomic E-state index is -0.125. The van der Waals surface area contributed by atoms with E-state index in [1.807, 2.05) is 18.2 Å². The van der Waals surface area contributed by atoms with Crippen molar-refractivity contribution in [3.8, 4) is 22.6 Å². The number of furan rings is 1. The monoisotopic (exact) mass is 647 g/mol. The largest absolute Gasteiger partial charge is 0.512 e. The van der Waals surface area contributed by atoms with Crippen LogP contribution in [0.2, 0.25) is 0 Å². The minimum Gasteiger partial charge on any atom is -0.512 e. The number of hydrogen-bond acceptors (Lipinski definition) is 4. The first kappa shape index (κ1) is 28.2. The average molecular weight is 647 g/mol. The third-order valence-corrected chi connectivity index (χ3v) is 5.25. The Hall–Kier alpha value is -3.01. The Bertz CT molecular complexity index is 1320. The quantitative estimate of drug-likeness (QED) is 0.140. The van der Waals surface area contributed by atoms with Gasteiger partial charge in [-0.3, -0.25) is 9.78 Å². The molecule has 0 aliphatic rings. The van der Waals surface area contributed by atoms with Crippen molar-refractivity contribution in [2.24, 2.45) is 0 Å². The summed E-state index contributed by atoms with van der Waals surface area (Å²) in [6, 6.07) is 22.2. The number of ketones is 1. The summed E-state index contributed by atoms with van der Waals surface area (Å²) in [5.74, 6) is 0.784. The molecule has 5 heteroatoms. The number of benzene rings is 2. The molecule has 2 aromatic carbocycles. The number of hydrogen-bond donors (Lipinski definition) is 1. The molecule has 4 rings (SSSR count). The van der Waals surface area contributed by atoms with Crippen LogP contribution in [0.25, 0.3) is 33.7 Å². The first-order chi connectivity index (χ1) is 15.9. The molecule has 4 nitrogen and oxygen atoms in total. The molecule has 2 aromatic heterocycles. The van der Waals surface area contributed by atoms with E-state index in [1.54, 1.807) is 0 Å². The molecular weight excluding hydrogens is 615 g/mol. The second-order valence-electron chi connectivity index (χ2n) is 9.67. The molecule has 0 unspecified atom stereocenters. The SMILES string of the molecule is CC(=O)/C=C(/C)O.Cc1[c-]c(-c2ccc3oc(-c4ccc(C(C)(C)C)cc4)cc3n2)cc(C)c1.[Ir]. The maximum absolute atomic E-state index is 10.0. The van der Waals surface area contributed by atoms with Crippen molar-refractivity contribution in [1.82, 2.24) is 4.98 Å². The van der Waals surface area contributed by atoms with Crippen LogP contribution in [-0.2, 0) is 30.3 Å². The Balaban J connectivity index is 0.000000476. The molecule has 35 heavy (non-hydrogen) atoms. The van der Waals surface area contributed by atoms with Gasteiger partial charge in [0.05, 0.1) is 11.3 Å². The van der Waals surface area contributed by atoms with E-state index < -0.39 is 0 Å². The van der Waals surface area contributed by atoms with Crippen LogP contribution in [0.15, 0.2) is 70.8 Å². The number of carbonyl (C=O) groups is 1. The molecule has 4 aromatic rings. The molecule has 0 amide bonds. The summed E-state index contributed by atoms with van der Waals surface area (Å²) in [6.07, 6.45) is 1.17. The Morgan fingerprint density at radius 1 is 1.00 bits per heavy atom. The molecule has 2 heterocycles. The number of aryl methyl sites for hydroxylation is 2. The molecular formula is C30H32IrNO3-. The summed E-state index contributed by atoms with van der Waals surface area (Å²) in [7, 11) is 0. The summed E-state index contributed by atoms with van der Waals surface area (Å²) in [5.41, 5.74) is 8.48. The third kappa shape index (κ3) is 7.74. The zero-order valence-corrected chi connectivity index (χ0v) is 23.7. The molecule has 0 saturated carbocycles. The number of nitrogens with zero attached hydrogens (tertiary/aromatic N) is 1. The maximum atomic E-state index is 10.0. The zero-order valence-electron chi connectivity index (χ0n) is 21.3. The molecule has 0 bridgehead atoms. The van der Waals surface area contributed by atoms with Gasteiger partial charge in [0.2, 0.25) is 0 Å². The summed E-state index contributed by atoms with van der Waals surface area (Å²) < 4.78 is 6.05. The van der Waals surface area contributed by atoms with Crippen molar-refractivity contribution < 1.29 is 34.4 Å². The van der Waals surface area contributed by atoms with E-state index in [9.17, 15) is 4.79 Å². The van der Waals surface area contributed by atoms with Gasteiger partial charge in [0, 0.05) is 37.8 Å². The van der Waals surface area contributed by atoms with Crippen molar-refractivity contribution in [2.75, 3.05) is 0 Å². The molecule has 1 radical (unpaired) electrons. The van der Waals surface area contributed by atoms with Crippen LogP contribution < -0.4 is 0 Å².